The Bertz CT molecular complexity index is 535. The van der Waals surface area contributed by atoms with Gasteiger partial charge in [-0.2, -0.15) is 5.10 Å². The standard InChI is InChI=1S/C11H13N5O3/c1-16(6-9-13-7-14-15-9)10(17)5-12-11(18)8-3-2-4-19-8/h2-4,7H,5-6H2,1H3,(H,12,18)(H,13,14,15). The van der Waals surface area contributed by atoms with E-state index in [-0.39, 0.29) is 18.2 Å². The van der Waals surface area contributed by atoms with E-state index in [1.54, 1.807) is 13.1 Å². The van der Waals surface area contributed by atoms with E-state index in [1.165, 1.54) is 23.6 Å². The van der Waals surface area contributed by atoms with E-state index in [1.807, 2.05) is 0 Å². The Morgan fingerprint density at radius 3 is 3.00 bits per heavy atom. The maximum Gasteiger partial charge on any atom is 0.287 e. The molecule has 0 radical (unpaired) electrons. The van der Waals surface area contributed by atoms with Crippen LogP contribution in [0.4, 0.5) is 0 Å². The molecule has 8 heteroatoms. The van der Waals surface area contributed by atoms with Crippen molar-refractivity contribution < 1.29 is 14.0 Å². The molecule has 2 aromatic rings. The summed E-state index contributed by atoms with van der Waals surface area (Å²) in [4.78, 5) is 28.7. The van der Waals surface area contributed by atoms with Gasteiger partial charge in [0.2, 0.25) is 5.91 Å². The van der Waals surface area contributed by atoms with Gasteiger partial charge in [-0.1, -0.05) is 0 Å². The predicted octanol–water partition coefficient (Wildman–Crippen LogP) is -0.214. The Morgan fingerprint density at radius 2 is 2.37 bits per heavy atom. The van der Waals surface area contributed by atoms with Crippen molar-refractivity contribution in [3.63, 3.8) is 0 Å². The zero-order chi connectivity index (χ0) is 13.7. The van der Waals surface area contributed by atoms with Crippen molar-refractivity contribution in [3.8, 4) is 0 Å². The third kappa shape index (κ3) is 3.41. The van der Waals surface area contributed by atoms with E-state index in [2.05, 4.69) is 20.5 Å². The van der Waals surface area contributed by atoms with E-state index in [0.29, 0.717) is 12.4 Å². The van der Waals surface area contributed by atoms with Gasteiger partial charge in [0.25, 0.3) is 5.91 Å². The maximum atomic E-state index is 11.8. The molecule has 0 atom stereocenters. The monoisotopic (exact) mass is 263 g/mol. The molecular weight excluding hydrogens is 250 g/mol. The lowest BCUT2D eigenvalue weighted by Gasteiger charge is -2.15. The van der Waals surface area contributed by atoms with Gasteiger partial charge in [-0.05, 0) is 12.1 Å². The molecule has 0 fully saturated rings. The van der Waals surface area contributed by atoms with Gasteiger partial charge < -0.3 is 14.6 Å². The molecule has 2 heterocycles. The molecule has 0 aliphatic carbocycles. The summed E-state index contributed by atoms with van der Waals surface area (Å²) < 4.78 is 4.91. The van der Waals surface area contributed by atoms with Crippen LogP contribution in [0.1, 0.15) is 16.4 Å². The van der Waals surface area contributed by atoms with Gasteiger partial charge in [0.05, 0.1) is 19.4 Å². The van der Waals surface area contributed by atoms with E-state index in [0.717, 1.165) is 0 Å². The molecule has 0 aliphatic rings. The Hall–Kier alpha value is -2.64. The fourth-order valence-corrected chi connectivity index (χ4v) is 1.41. The van der Waals surface area contributed by atoms with Gasteiger partial charge in [0.1, 0.15) is 12.2 Å². The van der Waals surface area contributed by atoms with E-state index in [9.17, 15) is 9.59 Å². The van der Waals surface area contributed by atoms with Crippen molar-refractivity contribution in [1.29, 1.82) is 0 Å². The number of nitrogens with one attached hydrogen (secondary N) is 2. The number of carbonyl (C=O) groups excluding carboxylic acids is 2. The average molecular weight is 263 g/mol. The van der Waals surface area contributed by atoms with Crippen LogP contribution in [0.2, 0.25) is 0 Å². The number of hydrogen-bond acceptors (Lipinski definition) is 5. The molecule has 0 aliphatic heterocycles. The van der Waals surface area contributed by atoms with Gasteiger partial charge in [0, 0.05) is 7.05 Å². The number of aromatic amines is 1. The first-order valence-electron chi connectivity index (χ1n) is 5.56. The van der Waals surface area contributed by atoms with Crippen LogP contribution in [-0.2, 0) is 11.3 Å². The molecular formula is C11H13N5O3. The molecule has 0 aromatic carbocycles. The Labute approximate surface area is 108 Å². The normalized spacial score (nSPS) is 10.2. The summed E-state index contributed by atoms with van der Waals surface area (Å²) in [5, 5.41) is 8.81. The minimum Gasteiger partial charge on any atom is -0.459 e. The quantitative estimate of drug-likeness (QED) is 0.776. The number of H-pyrrole nitrogens is 1. The number of rotatable bonds is 5. The van der Waals surface area contributed by atoms with Crippen LogP contribution in [0.15, 0.2) is 29.1 Å². The summed E-state index contributed by atoms with van der Waals surface area (Å²) in [7, 11) is 1.61. The second-order valence-electron chi connectivity index (χ2n) is 3.84. The topological polar surface area (TPSA) is 104 Å². The smallest absolute Gasteiger partial charge is 0.287 e. The van der Waals surface area contributed by atoms with Gasteiger partial charge >= 0.3 is 0 Å². The van der Waals surface area contributed by atoms with Crippen molar-refractivity contribution >= 4 is 11.8 Å². The molecule has 0 bridgehead atoms. The molecule has 0 saturated heterocycles. The highest BCUT2D eigenvalue weighted by Crippen LogP contribution is 1.99. The third-order valence-electron chi connectivity index (χ3n) is 2.42. The molecule has 19 heavy (non-hydrogen) atoms. The second-order valence-corrected chi connectivity index (χ2v) is 3.84. The highest BCUT2D eigenvalue weighted by atomic mass is 16.3. The first-order chi connectivity index (χ1) is 9.16. The Balaban J connectivity index is 1.79. The SMILES string of the molecule is CN(Cc1ncn[nH]1)C(=O)CNC(=O)c1ccco1. The van der Waals surface area contributed by atoms with E-state index in [4.69, 9.17) is 4.42 Å². The van der Waals surface area contributed by atoms with Crippen LogP contribution in [0.3, 0.4) is 0 Å². The van der Waals surface area contributed by atoms with Gasteiger partial charge in [-0.3, -0.25) is 14.7 Å². The molecule has 100 valence electrons. The first kappa shape index (κ1) is 12.8. The molecule has 0 unspecified atom stereocenters. The second kappa shape index (κ2) is 5.80. The number of likely N-dealkylation sites (N-methyl/N-ethyl adjacent to an activating group) is 1. The minimum atomic E-state index is -0.425. The van der Waals surface area contributed by atoms with Gasteiger partial charge in [-0.15, -0.1) is 0 Å². The van der Waals surface area contributed by atoms with Crippen molar-refractivity contribution in [1.82, 2.24) is 25.4 Å². The molecule has 2 aromatic heterocycles. The number of hydrogen-bond donors (Lipinski definition) is 2. The number of nitrogens with zero attached hydrogens (tertiary/aromatic N) is 3. The highest BCUT2D eigenvalue weighted by molar-refractivity contribution is 5.94. The first-order valence-corrected chi connectivity index (χ1v) is 5.56. The minimum absolute atomic E-state index is 0.107. The number of carbonyl (C=O) groups is 2. The summed E-state index contributed by atoms with van der Waals surface area (Å²) in [5.41, 5.74) is 0. The van der Waals surface area contributed by atoms with Crippen LogP contribution in [-0.4, -0.2) is 45.5 Å². The van der Waals surface area contributed by atoms with Crippen molar-refractivity contribution in [2.24, 2.45) is 0 Å². The zero-order valence-corrected chi connectivity index (χ0v) is 10.3. The fourth-order valence-electron chi connectivity index (χ4n) is 1.41. The maximum absolute atomic E-state index is 11.8. The van der Waals surface area contributed by atoms with Crippen LogP contribution < -0.4 is 5.32 Å². The van der Waals surface area contributed by atoms with Gasteiger partial charge in [-0.25, -0.2) is 4.98 Å². The lowest BCUT2D eigenvalue weighted by Crippen LogP contribution is -2.37. The zero-order valence-electron chi connectivity index (χ0n) is 10.3. The fraction of sp³-hybridized carbons (Fsp3) is 0.273. The lowest BCUT2D eigenvalue weighted by atomic mass is 10.4. The summed E-state index contributed by atoms with van der Waals surface area (Å²) in [5.74, 6) is 0.0848. The molecule has 0 spiro atoms. The largest absolute Gasteiger partial charge is 0.459 e. The van der Waals surface area contributed by atoms with E-state index < -0.39 is 5.91 Å². The number of amides is 2. The summed E-state index contributed by atoms with van der Waals surface area (Å²) in [6, 6.07) is 3.13. The molecule has 0 saturated carbocycles. The Morgan fingerprint density at radius 1 is 1.53 bits per heavy atom. The van der Waals surface area contributed by atoms with Crippen LogP contribution >= 0.6 is 0 Å². The molecule has 2 rings (SSSR count). The van der Waals surface area contributed by atoms with Crippen molar-refractivity contribution in [2.75, 3.05) is 13.6 Å². The summed E-state index contributed by atoms with van der Waals surface area (Å²) in [6.07, 6.45) is 2.76. The van der Waals surface area contributed by atoms with Crippen molar-refractivity contribution in [3.05, 3.63) is 36.3 Å². The van der Waals surface area contributed by atoms with Crippen LogP contribution in [0.5, 0.6) is 0 Å². The molecule has 8 nitrogen and oxygen atoms in total. The van der Waals surface area contributed by atoms with Crippen LogP contribution in [0, 0.1) is 0 Å². The number of aromatic nitrogens is 3. The highest BCUT2D eigenvalue weighted by Gasteiger charge is 2.14. The predicted molar refractivity (Wildman–Crippen MR) is 63.9 cm³/mol. The van der Waals surface area contributed by atoms with Crippen LogP contribution in [0.25, 0.3) is 0 Å². The van der Waals surface area contributed by atoms with Crippen molar-refractivity contribution in [2.45, 2.75) is 6.54 Å². The Kier molecular flexibility index (Phi) is 3.91. The number of furan rings is 1. The lowest BCUT2D eigenvalue weighted by molar-refractivity contribution is -0.129. The molecule has 2 N–H and O–H groups in total. The summed E-state index contributed by atoms with van der Waals surface area (Å²) in [6.45, 7) is 0.194. The summed E-state index contributed by atoms with van der Waals surface area (Å²) >= 11 is 0. The average Bonchev–Trinajstić information content (AvgIpc) is 3.07. The molecule has 2 amide bonds. The van der Waals surface area contributed by atoms with E-state index >= 15 is 0 Å². The van der Waals surface area contributed by atoms with Gasteiger partial charge in [0.15, 0.2) is 5.76 Å². The third-order valence-corrected chi connectivity index (χ3v) is 2.42.